The van der Waals surface area contributed by atoms with Gasteiger partial charge in [0, 0.05) is 6.38 Å². The third-order valence-electron chi connectivity index (χ3n) is 1.72. The topological polar surface area (TPSA) is 34.1 Å². The number of alkyl halides is 1. The van der Waals surface area contributed by atoms with E-state index in [2.05, 4.69) is 18.2 Å². The van der Waals surface area contributed by atoms with Crippen molar-refractivity contribution < 1.29 is 8.42 Å². The zero-order chi connectivity index (χ0) is 11.9. The summed E-state index contributed by atoms with van der Waals surface area (Å²) in [4.78, 5) is 0.359. The van der Waals surface area contributed by atoms with Gasteiger partial charge in [-0.25, -0.2) is 8.42 Å². The van der Waals surface area contributed by atoms with Gasteiger partial charge in [0.05, 0.1) is 10.6 Å². The molecule has 0 unspecified atom stereocenters. The van der Waals surface area contributed by atoms with Gasteiger partial charge in [-0.15, -0.1) is 18.2 Å². The number of hydrogen-bond acceptors (Lipinski definition) is 2. The second-order valence-corrected chi connectivity index (χ2v) is 4.92. The molecule has 0 heterocycles. The molecule has 0 radical (unpaired) electrons. The number of benzene rings is 1. The maximum absolute atomic E-state index is 11.5. The van der Waals surface area contributed by atoms with Gasteiger partial charge in [-0.1, -0.05) is 23.8 Å². The minimum atomic E-state index is -3.15. The smallest absolute Gasteiger partial charge is 0.181 e. The molecule has 84 valence electrons. The first kappa shape index (κ1) is 14.2. The molecule has 0 saturated carbocycles. The van der Waals surface area contributed by atoms with Crippen molar-refractivity contribution in [3.63, 3.8) is 0 Å². The van der Waals surface area contributed by atoms with E-state index in [-0.39, 0.29) is 5.75 Å². The third kappa shape index (κ3) is 4.49. The second-order valence-electron chi connectivity index (χ2n) is 2.88. The molecular weight excluding hydrogens is 232 g/mol. The first-order chi connectivity index (χ1) is 7.06. The predicted molar refractivity (Wildman–Crippen MR) is 65.2 cm³/mol. The Hall–Kier alpha value is -0.800. The summed E-state index contributed by atoms with van der Waals surface area (Å²) in [5.41, 5.74) is 1.05. The first-order valence-electron chi connectivity index (χ1n) is 4.34. The fourth-order valence-corrected chi connectivity index (χ4v) is 2.05. The van der Waals surface area contributed by atoms with Crippen molar-refractivity contribution in [2.24, 2.45) is 0 Å². The lowest BCUT2D eigenvalue weighted by atomic mass is 10.2. The molecule has 0 aliphatic heterocycles. The number of halogens is 1. The average Bonchev–Trinajstić information content (AvgIpc) is 2.21. The van der Waals surface area contributed by atoms with Gasteiger partial charge in [0.1, 0.15) is 0 Å². The summed E-state index contributed by atoms with van der Waals surface area (Å²) in [6, 6.07) is 6.81. The number of hydrogen-bond donors (Lipinski definition) is 0. The lowest BCUT2D eigenvalue weighted by Gasteiger charge is -2.00. The Morgan fingerprint density at radius 2 is 1.73 bits per heavy atom. The number of aryl methyl sites for hydroxylation is 1. The van der Waals surface area contributed by atoms with Gasteiger partial charge >= 0.3 is 0 Å². The van der Waals surface area contributed by atoms with Crippen molar-refractivity contribution in [1.82, 2.24) is 0 Å². The van der Waals surface area contributed by atoms with Crippen LogP contribution in [0.3, 0.4) is 0 Å². The Morgan fingerprint density at radius 1 is 1.27 bits per heavy atom. The lowest BCUT2D eigenvalue weighted by Crippen LogP contribution is -2.03. The number of sulfone groups is 1. The van der Waals surface area contributed by atoms with E-state index in [1.165, 1.54) is 12.5 Å². The molecule has 0 amide bonds. The van der Waals surface area contributed by atoms with Crippen molar-refractivity contribution in [3.05, 3.63) is 42.5 Å². The predicted octanol–water partition coefficient (Wildman–Crippen LogP) is 2.81. The van der Waals surface area contributed by atoms with E-state index in [9.17, 15) is 8.42 Å². The van der Waals surface area contributed by atoms with Crippen molar-refractivity contribution in [2.75, 3.05) is 12.1 Å². The molecule has 0 spiro atoms. The molecule has 1 aromatic carbocycles. The standard InChI is InChI=1S/C10H12O2S.CH3Cl/c1-3-8-13(11,12)10-6-4-9(2)5-7-10;1-2/h3-7H,1,8H2,2H3;1H3. The van der Waals surface area contributed by atoms with Crippen LogP contribution >= 0.6 is 11.6 Å². The van der Waals surface area contributed by atoms with Gasteiger partial charge in [0.25, 0.3) is 0 Å². The maximum Gasteiger partial charge on any atom is 0.181 e. The maximum atomic E-state index is 11.5. The van der Waals surface area contributed by atoms with Crippen LogP contribution in [-0.2, 0) is 9.84 Å². The van der Waals surface area contributed by atoms with E-state index >= 15 is 0 Å². The molecule has 2 nitrogen and oxygen atoms in total. The summed E-state index contributed by atoms with van der Waals surface area (Å²) in [6.45, 7) is 5.33. The van der Waals surface area contributed by atoms with Gasteiger partial charge < -0.3 is 0 Å². The van der Waals surface area contributed by atoms with E-state index in [0.717, 1.165) is 5.56 Å². The van der Waals surface area contributed by atoms with Crippen LogP contribution in [0.1, 0.15) is 5.56 Å². The molecule has 0 N–H and O–H groups in total. The van der Waals surface area contributed by atoms with Gasteiger partial charge in [-0.3, -0.25) is 0 Å². The molecule has 4 heteroatoms. The number of rotatable bonds is 3. The van der Waals surface area contributed by atoms with Gasteiger partial charge in [-0.2, -0.15) is 0 Å². The van der Waals surface area contributed by atoms with Crippen LogP contribution in [0.4, 0.5) is 0 Å². The van der Waals surface area contributed by atoms with E-state index in [1.807, 2.05) is 6.92 Å². The molecule has 0 aliphatic rings. The quantitative estimate of drug-likeness (QED) is 0.607. The highest BCUT2D eigenvalue weighted by molar-refractivity contribution is 7.91. The summed E-state index contributed by atoms with van der Waals surface area (Å²) in [7, 11) is -3.15. The van der Waals surface area contributed by atoms with Crippen LogP contribution in [0.5, 0.6) is 0 Å². The van der Waals surface area contributed by atoms with Gasteiger partial charge in [0.15, 0.2) is 9.84 Å². The second kappa shape index (κ2) is 6.64. The van der Waals surface area contributed by atoms with Crippen molar-refractivity contribution in [1.29, 1.82) is 0 Å². The highest BCUT2D eigenvalue weighted by Crippen LogP contribution is 2.11. The van der Waals surface area contributed by atoms with Gasteiger partial charge in [0.2, 0.25) is 0 Å². The molecule has 0 aliphatic carbocycles. The normalized spacial score (nSPS) is 10.1. The summed E-state index contributed by atoms with van der Waals surface area (Å²) in [6.07, 6.45) is 2.87. The van der Waals surface area contributed by atoms with Crippen LogP contribution < -0.4 is 0 Å². The minimum Gasteiger partial charge on any atom is -0.223 e. The monoisotopic (exact) mass is 246 g/mol. The highest BCUT2D eigenvalue weighted by Gasteiger charge is 2.10. The van der Waals surface area contributed by atoms with Crippen molar-refractivity contribution in [3.8, 4) is 0 Å². The fraction of sp³-hybridized carbons (Fsp3) is 0.273. The molecule has 0 aromatic heterocycles. The Kier molecular flexibility index (Phi) is 6.29. The van der Waals surface area contributed by atoms with Crippen LogP contribution in [0, 0.1) is 6.92 Å². The van der Waals surface area contributed by atoms with Gasteiger partial charge in [-0.05, 0) is 19.1 Å². The summed E-state index contributed by atoms with van der Waals surface area (Å²) in [5, 5.41) is 0. The summed E-state index contributed by atoms with van der Waals surface area (Å²) < 4.78 is 22.9. The van der Waals surface area contributed by atoms with Crippen molar-refractivity contribution in [2.45, 2.75) is 11.8 Å². The minimum absolute atomic E-state index is 0.00391. The van der Waals surface area contributed by atoms with Crippen molar-refractivity contribution >= 4 is 21.4 Å². The Balaban J connectivity index is 0.000000921. The molecule has 0 saturated heterocycles. The highest BCUT2D eigenvalue weighted by atomic mass is 35.5. The molecule has 0 atom stereocenters. The van der Waals surface area contributed by atoms with E-state index < -0.39 is 9.84 Å². The molecule has 0 bridgehead atoms. The molecule has 1 aromatic rings. The zero-order valence-corrected chi connectivity index (χ0v) is 10.5. The average molecular weight is 247 g/mol. The summed E-state index contributed by atoms with van der Waals surface area (Å²) in [5.74, 6) is -0.00391. The summed E-state index contributed by atoms with van der Waals surface area (Å²) >= 11 is 4.64. The molecule has 0 fully saturated rings. The van der Waals surface area contributed by atoms with Crippen LogP contribution in [-0.4, -0.2) is 20.6 Å². The largest absolute Gasteiger partial charge is 0.223 e. The fourth-order valence-electron chi connectivity index (χ4n) is 0.997. The third-order valence-corrected chi connectivity index (χ3v) is 3.38. The van der Waals surface area contributed by atoms with E-state index in [0.29, 0.717) is 4.90 Å². The van der Waals surface area contributed by atoms with Crippen LogP contribution in [0.15, 0.2) is 41.8 Å². The molecular formula is C11H15ClO2S. The zero-order valence-electron chi connectivity index (χ0n) is 8.90. The van der Waals surface area contributed by atoms with Crippen LogP contribution in [0.2, 0.25) is 0 Å². The van der Waals surface area contributed by atoms with Crippen LogP contribution in [0.25, 0.3) is 0 Å². The Bertz CT molecular complexity index is 393. The molecule has 15 heavy (non-hydrogen) atoms. The Labute approximate surface area is 96.5 Å². The van der Waals surface area contributed by atoms with E-state index in [1.54, 1.807) is 24.3 Å². The van der Waals surface area contributed by atoms with E-state index in [4.69, 9.17) is 0 Å². The Morgan fingerprint density at radius 3 is 2.13 bits per heavy atom. The molecule has 1 rings (SSSR count). The lowest BCUT2D eigenvalue weighted by molar-refractivity contribution is 0.599. The SMILES string of the molecule is C=CCS(=O)(=O)c1ccc(C)cc1.CCl. The first-order valence-corrected chi connectivity index (χ1v) is 6.75.